The molecule has 29 heavy (non-hydrogen) atoms. The van der Waals surface area contributed by atoms with Gasteiger partial charge < -0.3 is 24.7 Å². The molecule has 0 spiro atoms. The van der Waals surface area contributed by atoms with E-state index in [1.54, 1.807) is 0 Å². The number of hydrogen-bond donors (Lipinski definition) is 2. The van der Waals surface area contributed by atoms with Crippen LogP contribution in [0.3, 0.4) is 0 Å². The van der Waals surface area contributed by atoms with Crippen molar-refractivity contribution in [2.45, 2.75) is 13.0 Å². The van der Waals surface area contributed by atoms with Crippen LogP contribution in [0.25, 0.3) is 0 Å². The van der Waals surface area contributed by atoms with Crippen LogP contribution in [-0.4, -0.2) is 53.7 Å². The van der Waals surface area contributed by atoms with Crippen molar-refractivity contribution in [1.29, 1.82) is 0 Å². The van der Waals surface area contributed by atoms with Crippen molar-refractivity contribution in [3.8, 4) is 11.5 Å². The van der Waals surface area contributed by atoms with Gasteiger partial charge in [0.1, 0.15) is 5.75 Å². The van der Waals surface area contributed by atoms with Crippen molar-refractivity contribution in [3.63, 3.8) is 0 Å². The highest BCUT2D eigenvalue weighted by molar-refractivity contribution is 5.89. The topological polar surface area (TPSA) is 90.3 Å². The Morgan fingerprint density at radius 1 is 1.03 bits per heavy atom. The second kappa shape index (κ2) is 8.79. The zero-order valence-electron chi connectivity index (χ0n) is 16.4. The van der Waals surface area contributed by atoms with Crippen molar-refractivity contribution in [3.05, 3.63) is 65.7 Å². The van der Waals surface area contributed by atoms with Gasteiger partial charge in [-0.1, -0.05) is 24.3 Å². The van der Waals surface area contributed by atoms with E-state index in [9.17, 15) is 9.59 Å². The third-order valence-corrected chi connectivity index (χ3v) is 4.87. The summed E-state index contributed by atoms with van der Waals surface area (Å²) in [5, 5.41) is 15.6. The average molecular weight is 396 g/mol. The monoisotopic (exact) mass is 396 g/mol. The number of carboxylic acid groups (broad SMARTS) is 2. The number of aryl methyl sites for hydroxylation is 1. The first-order chi connectivity index (χ1) is 13.8. The Labute approximate surface area is 169 Å². The number of benzene rings is 2. The average Bonchev–Trinajstić information content (AvgIpc) is 2.81. The van der Waals surface area contributed by atoms with E-state index in [4.69, 9.17) is 14.9 Å². The lowest BCUT2D eigenvalue weighted by Gasteiger charge is -2.41. The third kappa shape index (κ3) is 4.94. The van der Waals surface area contributed by atoms with Gasteiger partial charge in [0.15, 0.2) is 5.75 Å². The highest BCUT2D eigenvalue weighted by Gasteiger charge is 2.33. The molecule has 0 saturated carbocycles. The Morgan fingerprint density at radius 3 is 2.41 bits per heavy atom. The number of carboxylic acids is 2. The quantitative estimate of drug-likeness (QED) is 0.753. The Kier molecular flexibility index (Phi) is 6.19. The molecule has 4 rings (SSSR count). The van der Waals surface area contributed by atoms with Gasteiger partial charge in [0, 0.05) is 37.3 Å². The van der Waals surface area contributed by atoms with Crippen LogP contribution in [0.1, 0.15) is 17.2 Å². The molecule has 1 saturated heterocycles. The molecule has 2 heterocycles. The first kappa shape index (κ1) is 20.4. The van der Waals surface area contributed by atoms with Crippen molar-refractivity contribution in [1.82, 2.24) is 4.90 Å². The molecule has 0 aliphatic carbocycles. The Morgan fingerprint density at radius 2 is 1.72 bits per heavy atom. The van der Waals surface area contributed by atoms with Crippen LogP contribution in [0.4, 0.5) is 5.69 Å². The van der Waals surface area contributed by atoms with Gasteiger partial charge in [-0.15, -0.1) is 0 Å². The van der Waals surface area contributed by atoms with E-state index < -0.39 is 11.9 Å². The number of carbonyl (C=O) groups is 2. The van der Waals surface area contributed by atoms with Crippen LogP contribution in [0.15, 0.2) is 54.6 Å². The maximum atomic E-state index is 9.55. The van der Waals surface area contributed by atoms with Gasteiger partial charge in [-0.2, -0.15) is 0 Å². The van der Waals surface area contributed by atoms with E-state index in [1.165, 1.54) is 16.8 Å². The van der Waals surface area contributed by atoms with Crippen LogP contribution in [0, 0.1) is 6.92 Å². The van der Waals surface area contributed by atoms with E-state index in [-0.39, 0.29) is 0 Å². The van der Waals surface area contributed by atoms with Crippen molar-refractivity contribution in [2.75, 3.05) is 31.6 Å². The summed E-state index contributed by atoms with van der Waals surface area (Å²) in [4.78, 5) is 24.0. The van der Waals surface area contributed by atoms with Crippen LogP contribution < -0.4 is 9.64 Å². The molecule has 1 atom stereocenters. The minimum atomic E-state index is -1.26. The number of hydrogen-bond acceptors (Lipinski definition) is 5. The minimum Gasteiger partial charge on any atom is -0.478 e. The van der Waals surface area contributed by atoms with E-state index in [2.05, 4.69) is 66.2 Å². The molecule has 0 amide bonds. The third-order valence-electron chi connectivity index (χ3n) is 4.87. The molecule has 152 valence electrons. The summed E-state index contributed by atoms with van der Waals surface area (Å²) < 4.78 is 6.22. The number of aliphatic carboxylic acids is 2. The summed E-state index contributed by atoms with van der Waals surface area (Å²) >= 11 is 0. The second-order valence-electron chi connectivity index (χ2n) is 7.09. The van der Waals surface area contributed by atoms with Gasteiger partial charge in [0.25, 0.3) is 0 Å². The summed E-state index contributed by atoms with van der Waals surface area (Å²) in [5.74, 6) is -0.551. The number of likely N-dealkylation sites (N-methyl/N-ethyl adjacent to an activating group) is 1. The number of fused-ring (bicyclic) bond motifs is 5. The molecule has 0 bridgehead atoms. The Bertz CT molecular complexity index is 925. The molecule has 2 aliphatic rings. The molecule has 2 aliphatic heterocycles. The molecule has 2 aromatic carbocycles. The van der Waals surface area contributed by atoms with Crippen molar-refractivity contribution >= 4 is 17.6 Å². The second-order valence-corrected chi connectivity index (χ2v) is 7.09. The maximum Gasteiger partial charge on any atom is 0.328 e. The molecular weight excluding hydrogens is 372 g/mol. The Hall–Kier alpha value is -3.32. The number of piperazine rings is 1. The zero-order valence-corrected chi connectivity index (χ0v) is 16.4. The normalized spacial score (nSPS) is 17.7. The predicted octanol–water partition coefficient (Wildman–Crippen LogP) is 3.31. The minimum absolute atomic E-state index is 0.364. The fraction of sp³-hybridized carbons (Fsp3) is 0.273. The molecular formula is C22H24N2O5. The lowest BCUT2D eigenvalue weighted by atomic mass is 10.0. The molecule has 0 radical (unpaired) electrons. The number of nitrogens with zero attached hydrogens (tertiary/aromatic N) is 2. The van der Waals surface area contributed by atoms with Gasteiger partial charge in [0.2, 0.25) is 0 Å². The fourth-order valence-electron chi connectivity index (χ4n) is 3.52. The molecule has 1 unspecified atom stereocenters. The smallest absolute Gasteiger partial charge is 0.328 e. The van der Waals surface area contributed by atoms with E-state index in [0.29, 0.717) is 18.2 Å². The van der Waals surface area contributed by atoms with Gasteiger partial charge in [-0.05, 0) is 37.7 Å². The SMILES string of the molecule is Cc1ccc2c(c1)N1CCN(C)CC1c1ccccc1O2.O=C(O)/C=C\C(=O)O. The zero-order chi connectivity index (χ0) is 21.0. The number of ether oxygens (including phenoxy) is 1. The predicted molar refractivity (Wildman–Crippen MR) is 110 cm³/mol. The first-order valence-electron chi connectivity index (χ1n) is 9.31. The van der Waals surface area contributed by atoms with Gasteiger partial charge in [0.05, 0.1) is 11.7 Å². The number of anilines is 1. The molecule has 2 N–H and O–H groups in total. The lowest BCUT2D eigenvalue weighted by Crippen LogP contribution is -2.46. The van der Waals surface area contributed by atoms with E-state index in [0.717, 1.165) is 31.1 Å². The summed E-state index contributed by atoms with van der Waals surface area (Å²) in [7, 11) is 2.20. The highest BCUT2D eigenvalue weighted by Crippen LogP contribution is 2.45. The number of rotatable bonds is 2. The molecule has 2 aromatic rings. The van der Waals surface area contributed by atoms with Crippen molar-refractivity contribution < 1.29 is 24.5 Å². The summed E-state index contributed by atoms with van der Waals surface area (Å²) in [5.41, 5.74) is 3.79. The molecule has 7 nitrogen and oxygen atoms in total. The highest BCUT2D eigenvalue weighted by atomic mass is 16.5. The molecule has 0 aromatic heterocycles. The van der Waals surface area contributed by atoms with Gasteiger partial charge in [-0.3, -0.25) is 0 Å². The summed E-state index contributed by atoms with van der Waals surface area (Å²) in [6, 6.07) is 15.3. The van der Waals surface area contributed by atoms with Crippen LogP contribution in [-0.2, 0) is 9.59 Å². The van der Waals surface area contributed by atoms with E-state index in [1.807, 2.05) is 0 Å². The largest absolute Gasteiger partial charge is 0.478 e. The van der Waals surface area contributed by atoms with Crippen LogP contribution in [0.2, 0.25) is 0 Å². The van der Waals surface area contributed by atoms with Crippen LogP contribution in [0.5, 0.6) is 11.5 Å². The lowest BCUT2D eigenvalue weighted by molar-refractivity contribution is -0.134. The first-order valence-corrected chi connectivity index (χ1v) is 9.31. The Balaban J connectivity index is 0.000000258. The van der Waals surface area contributed by atoms with E-state index >= 15 is 0 Å². The van der Waals surface area contributed by atoms with Gasteiger partial charge in [-0.25, -0.2) is 9.59 Å². The number of para-hydroxylation sites is 1. The maximum absolute atomic E-state index is 9.55. The molecule has 1 fully saturated rings. The molecule has 7 heteroatoms. The summed E-state index contributed by atoms with van der Waals surface area (Å²) in [6.07, 6.45) is 1.12. The summed E-state index contributed by atoms with van der Waals surface area (Å²) in [6.45, 7) is 5.30. The van der Waals surface area contributed by atoms with Crippen LogP contribution >= 0.6 is 0 Å². The standard InChI is InChI=1S/C18H20N2O.C4H4O4/c1-13-7-8-18-15(11-13)20-10-9-19(2)12-16(20)14-5-3-4-6-17(14)21-18;5-3(6)1-2-4(7)8/h3-8,11,16H,9-10,12H2,1-2H3;1-2H,(H,5,6)(H,7,8)/b;2-1-. The van der Waals surface area contributed by atoms with Crippen molar-refractivity contribution in [2.24, 2.45) is 0 Å². The fourth-order valence-corrected chi connectivity index (χ4v) is 3.52. The van der Waals surface area contributed by atoms with Gasteiger partial charge >= 0.3 is 11.9 Å².